The molecule has 0 aromatic carbocycles. The summed E-state index contributed by atoms with van der Waals surface area (Å²) in [6.45, 7) is 8.20. The Labute approximate surface area is 123 Å². The minimum absolute atomic E-state index is 0.127. The predicted molar refractivity (Wildman–Crippen MR) is 80.3 cm³/mol. The molecular formula is C15H27BO4. The van der Waals surface area contributed by atoms with Crippen molar-refractivity contribution >= 4 is 13.1 Å². The van der Waals surface area contributed by atoms with E-state index in [1.54, 1.807) is 0 Å². The van der Waals surface area contributed by atoms with Crippen LogP contribution in [0.2, 0.25) is 0 Å². The summed E-state index contributed by atoms with van der Waals surface area (Å²) in [7, 11) is 1.17. The molecule has 114 valence electrons. The highest BCUT2D eigenvalue weighted by Crippen LogP contribution is 2.36. The van der Waals surface area contributed by atoms with Gasteiger partial charge in [0.1, 0.15) is 0 Å². The molecule has 1 fully saturated rings. The Hall–Kier alpha value is -0.805. The van der Waals surface area contributed by atoms with Crippen molar-refractivity contribution in [2.45, 2.75) is 71.0 Å². The van der Waals surface area contributed by atoms with Crippen molar-refractivity contribution in [2.75, 3.05) is 7.11 Å². The third kappa shape index (κ3) is 4.95. The highest BCUT2D eigenvalue weighted by atomic mass is 16.7. The Balaban J connectivity index is 2.16. The van der Waals surface area contributed by atoms with E-state index in [1.807, 2.05) is 33.7 Å². The van der Waals surface area contributed by atoms with Gasteiger partial charge < -0.3 is 14.0 Å². The molecule has 0 atom stereocenters. The van der Waals surface area contributed by atoms with Gasteiger partial charge in [-0.1, -0.05) is 18.5 Å². The Morgan fingerprint density at radius 1 is 1.10 bits per heavy atom. The lowest BCUT2D eigenvalue weighted by Gasteiger charge is -2.32. The van der Waals surface area contributed by atoms with Gasteiger partial charge in [-0.2, -0.15) is 0 Å². The van der Waals surface area contributed by atoms with Gasteiger partial charge in [0.25, 0.3) is 0 Å². The van der Waals surface area contributed by atoms with Gasteiger partial charge in [-0.15, -0.1) is 0 Å². The molecule has 0 aliphatic carbocycles. The summed E-state index contributed by atoms with van der Waals surface area (Å²) >= 11 is 0. The number of hydrogen-bond acceptors (Lipinski definition) is 4. The van der Waals surface area contributed by atoms with Crippen molar-refractivity contribution in [2.24, 2.45) is 0 Å². The molecule has 4 nitrogen and oxygen atoms in total. The number of unbranched alkanes of at least 4 members (excludes halogenated alkanes) is 3. The molecule has 0 spiro atoms. The molecule has 0 bridgehead atoms. The molecule has 0 saturated carbocycles. The summed E-state index contributed by atoms with van der Waals surface area (Å²) in [5.74, 6) is 1.86. The van der Waals surface area contributed by atoms with E-state index in [0.717, 1.165) is 25.7 Å². The number of hydrogen-bond donors (Lipinski definition) is 0. The first kappa shape index (κ1) is 17.2. The van der Waals surface area contributed by atoms with Crippen LogP contribution in [0.1, 0.15) is 59.8 Å². The zero-order chi connectivity index (χ0) is 15.2. The fourth-order valence-corrected chi connectivity index (χ4v) is 1.98. The Morgan fingerprint density at radius 2 is 1.70 bits per heavy atom. The predicted octanol–water partition coefficient (Wildman–Crippen LogP) is 3.30. The SMILES string of the molecule is COC(=O)CCCCC/C=C/B1OC(C)(C)C(C)(C)O1. The average molecular weight is 282 g/mol. The van der Waals surface area contributed by atoms with Crippen molar-refractivity contribution in [3.63, 3.8) is 0 Å². The van der Waals surface area contributed by atoms with Gasteiger partial charge in [-0.05, 0) is 47.0 Å². The van der Waals surface area contributed by atoms with Gasteiger partial charge in [0.2, 0.25) is 0 Å². The van der Waals surface area contributed by atoms with Gasteiger partial charge in [0, 0.05) is 6.42 Å². The van der Waals surface area contributed by atoms with E-state index >= 15 is 0 Å². The average Bonchev–Trinajstić information content (AvgIpc) is 2.56. The maximum Gasteiger partial charge on any atom is 0.486 e. The summed E-state index contributed by atoms with van der Waals surface area (Å²) in [4.78, 5) is 10.9. The van der Waals surface area contributed by atoms with Crippen LogP contribution in [0, 0.1) is 0 Å². The second-order valence-electron chi connectivity index (χ2n) is 6.23. The van der Waals surface area contributed by atoms with E-state index in [9.17, 15) is 4.79 Å². The first-order valence-corrected chi connectivity index (χ1v) is 7.37. The fraction of sp³-hybridized carbons (Fsp3) is 0.800. The lowest BCUT2D eigenvalue weighted by molar-refractivity contribution is -0.140. The highest BCUT2D eigenvalue weighted by molar-refractivity contribution is 6.51. The monoisotopic (exact) mass is 282 g/mol. The van der Waals surface area contributed by atoms with E-state index in [4.69, 9.17) is 9.31 Å². The quantitative estimate of drug-likeness (QED) is 0.408. The van der Waals surface area contributed by atoms with Crippen molar-refractivity contribution in [3.05, 3.63) is 12.1 Å². The molecule has 0 N–H and O–H groups in total. The summed E-state index contributed by atoms with van der Waals surface area (Å²) < 4.78 is 16.3. The van der Waals surface area contributed by atoms with E-state index in [2.05, 4.69) is 10.8 Å². The van der Waals surface area contributed by atoms with Crippen molar-refractivity contribution in [1.29, 1.82) is 0 Å². The van der Waals surface area contributed by atoms with E-state index in [1.165, 1.54) is 7.11 Å². The normalized spacial score (nSPS) is 20.6. The standard InChI is InChI=1S/C15H27BO4/c1-14(2)15(3,4)20-16(19-14)12-10-8-6-7-9-11-13(17)18-5/h10,12H,6-9,11H2,1-5H3/b12-10+. The first-order valence-electron chi connectivity index (χ1n) is 7.37. The number of ether oxygens (including phenoxy) is 1. The summed E-state index contributed by atoms with van der Waals surface area (Å²) in [6, 6.07) is 0. The molecule has 1 heterocycles. The minimum Gasteiger partial charge on any atom is -0.469 e. The Morgan fingerprint density at radius 3 is 2.25 bits per heavy atom. The van der Waals surface area contributed by atoms with Gasteiger partial charge in [-0.25, -0.2) is 0 Å². The zero-order valence-corrected chi connectivity index (χ0v) is 13.4. The van der Waals surface area contributed by atoms with Gasteiger partial charge in [-0.3, -0.25) is 4.79 Å². The second-order valence-corrected chi connectivity index (χ2v) is 6.23. The number of rotatable bonds is 7. The molecule has 0 radical (unpaired) electrons. The maximum absolute atomic E-state index is 10.9. The van der Waals surface area contributed by atoms with Gasteiger partial charge >= 0.3 is 13.1 Å². The van der Waals surface area contributed by atoms with Crippen LogP contribution in [0.5, 0.6) is 0 Å². The minimum atomic E-state index is -0.275. The summed E-state index contributed by atoms with van der Waals surface area (Å²) in [5.41, 5.74) is -0.551. The number of methoxy groups -OCH3 is 1. The van der Waals surface area contributed by atoms with Crippen LogP contribution in [-0.4, -0.2) is 31.4 Å². The smallest absolute Gasteiger partial charge is 0.469 e. The first-order chi connectivity index (χ1) is 9.28. The highest BCUT2D eigenvalue weighted by Gasteiger charge is 2.49. The lowest BCUT2D eigenvalue weighted by Crippen LogP contribution is -2.41. The zero-order valence-electron chi connectivity index (χ0n) is 13.4. The Kier molecular flexibility index (Phi) is 6.27. The van der Waals surface area contributed by atoms with Crippen molar-refractivity contribution in [3.8, 4) is 0 Å². The molecule has 0 amide bonds. The van der Waals surface area contributed by atoms with Crippen LogP contribution in [-0.2, 0) is 18.8 Å². The van der Waals surface area contributed by atoms with E-state index < -0.39 is 0 Å². The molecule has 20 heavy (non-hydrogen) atoms. The Bertz CT molecular complexity index is 334. The third-order valence-electron chi connectivity index (χ3n) is 4.04. The molecule has 0 aromatic rings. The van der Waals surface area contributed by atoms with Crippen LogP contribution < -0.4 is 0 Å². The molecule has 1 saturated heterocycles. The van der Waals surface area contributed by atoms with Crippen molar-refractivity contribution < 1.29 is 18.8 Å². The van der Waals surface area contributed by atoms with Crippen LogP contribution in [0.15, 0.2) is 12.1 Å². The third-order valence-corrected chi connectivity index (χ3v) is 4.04. The number of allylic oxidation sites excluding steroid dienone is 1. The molecular weight excluding hydrogens is 255 g/mol. The van der Waals surface area contributed by atoms with Gasteiger partial charge in [0.05, 0.1) is 18.3 Å². The van der Waals surface area contributed by atoms with Crippen molar-refractivity contribution in [1.82, 2.24) is 0 Å². The fourth-order valence-electron chi connectivity index (χ4n) is 1.98. The van der Waals surface area contributed by atoms with E-state index in [-0.39, 0.29) is 24.3 Å². The molecule has 0 unspecified atom stereocenters. The van der Waals surface area contributed by atoms with Crippen LogP contribution >= 0.6 is 0 Å². The van der Waals surface area contributed by atoms with Crippen LogP contribution in [0.3, 0.4) is 0 Å². The lowest BCUT2D eigenvalue weighted by atomic mass is 9.89. The van der Waals surface area contributed by atoms with Gasteiger partial charge in [0.15, 0.2) is 0 Å². The largest absolute Gasteiger partial charge is 0.486 e. The van der Waals surface area contributed by atoms with Crippen LogP contribution in [0.25, 0.3) is 0 Å². The second kappa shape index (κ2) is 7.27. The van der Waals surface area contributed by atoms with Crippen LogP contribution in [0.4, 0.5) is 0 Å². The summed E-state index contributed by atoms with van der Waals surface area (Å²) in [6.07, 6.45) is 6.57. The number of esters is 1. The summed E-state index contributed by atoms with van der Waals surface area (Å²) in [5, 5.41) is 0. The molecule has 1 aliphatic rings. The molecule has 5 heteroatoms. The molecule has 1 aliphatic heterocycles. The number of carbonyl (C=O) groups is 1. The maximum atomic E-state index is 10.9. The van der Waals surface area contributed by atoms with E-state index in [0.29, 0.717) is 6.42 Å². The topological polar surface area (TPSA) is 44.8 Å². The molecule has 0 aromatic heterocycles. The molecule has 1 rings (SSSR count). The number of carbonyl (C=O) groups excluding carboxylic acids is 1.